The molecule has 1 N–H and O–H groups in total. The highest BCUT2D eigenvalue weighted by Crippen LogP contribution is 2.41. The molecule has 1 atom stereocenters. The van der Waals surface area contributed by atoms with Gasteiger partial charge >= 0.3 is 0 Å². The highest BCUT2D eigenvalue weighted by atomic mass is 16.5. The molecule has 1 aromatic carbocycles. The lowest BCUT2D eigenvalue weighted by atomic mass is 9.83. The zero-order valence-electron chi connectivity index (χ0n) is 10.6. The van der Waals surface area contributed by atoms with E-state index in [9.17, 15) is 0 Å². The Morgan fingerprint density at radius 1 is 1.38 bits per heavy atom. The SMILES string of the molecule is CNC(C)(C)C1CCc2ccc(OC)cc21. The summed E-state index contributed by atoms with van der Waals surface area (Å²) in [5.41, 5.74) is 3.09. The van der Waals surface area contributed by atoms with E-state index in [4.69, 9.17) is 4.74 Å². The van der Waals surface area contributed by atoms with Gasteiger partial charge in [-0.1, -0.05) is 6.07 Å². The van der Waals surface area contributed by atoms with E-state index in [0.717, 1.165) is 5.75 Å². The van der Waals surface area contributed by atoms with Gasteiger partial charge in [-0.25, -0.2) is 0 Å². The summed E-state index contributed by atoms with van der Waals surface area (Å²) in [6.45, 7) is 4.54. The summed E-state index contributed by atoms with van der Waals surface area (Å²) in [4.78, 5) is 0. The average molecular weight is 219 g/mol. The van der Waals surface area contributed by atoms with Crippen LogP contribution in [0.2, 0.25) is 0 Å². The molecule has 0 saturated heterocycles. The normalized spacial score (nSPS) is 19.6. The number of hydrogen-bond acceptors (Lipinski definition) is 2. The van der Waals surface area contributed by atoms with Crippen molar-refractivity contribution in [3.05, 3.63) is 29.3 Å². The molecule has 0 amide bonds. The second-order valence-corrected chi connectivity index (χ2v) is 5.13. The van der Waals surface area contributed by atoms with Crippen LogP contribution in [0.1, 0.15) is 37.3 Å². The zero-order chi connectivity index (χ0) is 11.8. The summed E-state index contributed by atoms with van der Waals surface area (Å²) in [7, 11) is 3.77. The van der Waals surface area contributed by atoms with E-state index in [1.165, 1.54) is 24.0 Å². The lowest BCUT2D eigenvalue weighted by molar-refractivity contribution is 0.340. The van der Waals surface area contributed by atoms with Crippen molar-refractivity contribution in [3.8, 4) is 5.75 Å². The predicted octanol–water partition coefficient (Wildman–Crippen LogP) is 2.72. The molecule has 0 bridgehead atoms. The minimum atomic E-state index is 0.150. The maximum atomic E-state index is 5.31. The molecule has 0 fully saturated rings. The Morgan fingerprint density at radius 2 is 2.12 bits per heavy atom. The standard InChI is InChI=1S/C14H21NO/c1-14(2,15-3)13-8-6-10-5-7-11(16-4)9-12(10)13/h5,7,9,13,15H,6,8H2,1-4H3. The molecule has 0 heterocycles. The van der Waals surface area contributed by atoms with Gasteiger partial charge in [-0.05, 0) is 57.0 Å². The van der Waals surface area contributed by atoms with Crippen molar-refractivity contribution in [1.29, 1.82) is 0 Å². The first-order valence-corrected chi connectivity index (χ1v) is 5.94. The molecule has 0 aliphatic heterocycles. The summed E-state index contributed by atoms with van der Waals surface area (Å²) in [5, 5.41) is 3.42. The topological polar surface area (TPSA) is 21.3 Å². The van der Waals surface area contributed by atoms with E-state index in [1.54, 1.807) is 7.11 Å². The van der Waals surface area contributed by atoms with Crippen LogP contribution in [0, 0.1) is 0 Å². The zero-order valence-corrected chi connectivity index (χ0v) is 10.6. The number of likely N-dealkylation sites (N-methyl/N-ethyl adjacent to an activating group) is 1. The first-order chi connectivity index (χ1) is 7.58. The first-order valence-electron chi connectivity index (χ1n) is 5.94. The molecule has 0 spiro atoms. The monoisotopic (exact) mass is 219 g/mol. The van der Waals surface area contributed by atoms with Gasteiger partial charge < -0.3 is 10.1 Å². The number of ether oxygens (including phenoxy) is 1. The third-order valence-electron chi connectivity index (χ3n) is 3.95. The van der Waals surface area contributed by atoms with Gasteiger partial charge in [0.2, 0.25) is 0 Å². The van der Waals surface area contributed by atoms with Crippen LogP contribution in [0.3, 0.4) is 0 Å². The maximum absolute atomic E-state index is 5.31. The Hall–Kier alpha value is -1.02. The van der Waals surface area contributed by atoms with Gasteiger partial charge in [0, 0.05) is 11.5 Å². The second-order valence-electron chi connectivity index (χ2n) is 5.13. The van der Waals surface area contributed by atoms with E-state index in [0.29, 0.717) is 5.92 Å². The van der Waals surface area contributed by atoms with Crippen molar-refractivity contribution in [2.24, 2.45) is 0 Å². The molecular formula is C14H21NO. The lowest BCUT2D eigenvalue weighted by Gasteiger charge is -2.32. The molecule has 0 saturated carbocycles. The third-order valence-corrected chi connectivity index (χ3v) is 3.95. The number of methoxy groups -OCH3 is 1. The molecule has 2 nitrogen and oxygen atoms in total. The summed E-state index contributed by atoms with van der Waals surface area (Å²) >= 11 is 0. The van der Waals surface area contributed by atoms with Gasteiger partial charge in [0.25, 0.3) is 0 Å². The highest BCUT2D eigenvalue weighted by Gasteiger charge is 2.34. The fraction of sp³-hybridized carbons (Fsp3) is 0.571. The Balaban J connectivity index is 2.38. The van der Waals surface area contributed by atoms with Gasteiger partial charge in [-0.2, -0.15) is 0 Å². The molecule has 1 aliphatic rings. The quantitative estimate of drug-likeness (QED) is 0.844. The van der Waals surface area contributed by atoms with Crippen LogP contribution < -0.4 is 10.1 Å². The van der Waals surface area contributed by atoms with E-state index in [-0.39, 0.29) is 5.54 Å². The van der Waals surface area contributed by atoms with Crippen molar-refractivity contribution in [1.82, 2.24) is 5.32 Å². The number of rotatable bonds is 3. The van der Waals surface area contributed by atoms with E-state index in [1.807, 2.05) is 7.05 Å². The molecule has 2 heteroatoms. The van der Waals surface area contributed by atoms with Crippen molar-refractivity contribution >= 4 is 0 Å². The molecular weight excluding hydrogens is 198 g/mol. The van der Waals surface area contributed by atoms with E-state index < -0.39 is 0 Å². The third kappa shape index (κ3) is 1.82. The molecule has 1 aromatic rings. The maximum Gasteiger partial charge on any atom is 0.119 e. The van der Waals surface area contributed by atoms with Gasteiger partial charge in [0.1, 0.15) is 5.75 Å². The van der Waals surface area contributed by atoms with Crippen LogP contribution >= 0.6 is 0 Å². The molecule has 88 valence electrons. The van der Waals surface area contributed by atoms with Gasteiger partial charge in [0.05, 0.1) is 7.11 Å². The van der Waals surface area contributed by atoms with Gasteiger partial charge in [0.15, 0.2) is 0 Å². The molecule has 1 unspecified atom stereocenters. The average Bonchev–Trinajstić information content (AvgIpc) is 2.72. The van der Waals surface area contributed by atoms with Crippen molar-refractivity contribution in [2.45, 2.75) is 38.1 Å². The summed E-state index contributed by atoms with van der Waals surface area (Å²) in [6, 6.07) is 6.47. The smallest absolute Gasteiger partial charge is 0.119 e. The van der Waals surface area contributed by atoms with Crippen LogP contribution in [0.25, 0.3) is 0 Å². The fourth-order valence-corrected chi connectivity index (χ4v) is 2.63. The summed E-state index contributed by atoms with van der Waals surface area (Å²) < 4.78 is 5.31. The minimum Gasteiger partial charge on any atom is -0.497 e. The highest BCUT2D eigenvalue weighted by molar-refractivity contribution is 5.42. The van der Waals surface area contributed by atoms with Crippen LogP contribution in [-0.2, 0) is 6.42 Å². The van der Waals surface area contributed by atoms with Crippen molar-refractivity contribution < 1.29 is 4.74 Å². The molecule has 1 aliphatic carbocycles. The van der Waals surface area contributed by atoms with E-state index >= 15 is 0 Å². The number of hydrogen-bond donors (Lipinski definition) is 1. The van der Waals surface area contributed by atoms with Crippen LogP contribution in [0.5, 0.6) is 5.75 Å². The number of fused-ring (bicyclic) bond motifs is 1. The Morgan fingerprint density at radius 3 is 2.75 bits per heavy atom. The Kier molecular flexibility index (Phi) is 2.94. The Bertz CT molecular complexity index is 384. The van der Waals surface area contributed by atoms with Crippen LogP contribution in [-0.4, -0.2) is 19.7 Å². The Labute approximate surface area is 98.0 Å². The largest absolute Gasteiger partial charge is 0.497 e. The molecule has 0 aromatic heterocycles. The fourth-order valence-electron chi connectivity index (χ4n) is 2.63. The van der Waals surface area contributed by atoms with Gasteiger partial charge in [-0.15, -0.1) is 0 Å². The number of nitrogens with one attached hydrogen (secondary N) is 1. The lowest BCUT2D eigenvalue weighted by Crippen LogP contribution is -2.41. The first kappa shape index (κ1) is 11.5. The second kappa shape index (κ2) is 4.10. The molecule has 2 rings (SSSR count). The number of benzene rings is 1. The van der Waals surface area contributed by atoms with Gasteiger partial charge in [-0.3, -0.25) is 0 Å². The van der Waals surface area contributed by atoms with Crippen molar-refractivity contribution in [2.75, 3.05) is 14.2 Å². The summed E-state index contributed by atoms with van der Waals surface area (Å²) in [6.07, 6.45) is 2.42. The molecule has 0 radical (unpaired) electrons. The van der Waals surface area contributed by atoms with Crippen LogP contribution in [0.4, 0.5) is 0 Å². The summed E-state index contributed by atoms with van der Waals surface area (Å²) in [5.74, 6) is 1.56. The number of aryl methyl sites for hydroxylation is 1. The van der Waals surface area contributed by atoms with Crippen molar-refractivity contribution in [3.63, 3.8) is 0 Å². The predicted molar refractivity (Wildman–Crippen MR) is 67.2 cm³/mol. The van der Waals surface area contributed by atoms with Crippen LogP contribution in [0.15, 0.2) is 18.2 Å². The minimum absolute atomic E-state index is 0.150. The van der Waals surface area contributed by atoms with E-state index in [2.05, 4.69) is 37.4 Å². The molecule has 16 heavy (non-hydrogen) atoms.